The third kappa shape index (κ3) is 2.41. The van der Waals surface area contributed by atoms with Crippen LogP contribution in [0.4, 0.5) is 4.39 Å². The number of halogens is 1. The molecule has 1 aromatic rings. The number of nitrogens with one attached hydrogen (secondary N) is 1. The zero-order chi connectivity index (χ0) is 14.8. The first kappa shape index (κ1) is 15.2. The van der Waals surface area contributed by atoms with Gasteiger partial charge in [0.25, 0.3) is 0 Å². The minimum absolute atomic E-state index is 0.151. The summed E-state index contributed by atoms with van der Waals surface area (Å²) in [6.07, 6.45) is 4.29. The maximum Gasteiger partial charge on any atom is 0.169 e. The van der Waals surface area contributed by atoms with Crippen molar-refractivity contribution >= 4 is 0 Å². The van der Waals surface area contributed by atoms with Gasteiger partial charge in [0.15, 0.2) is 11.6 Å². The highest BCUT2D eigenvalue weighted by Crippen LogP contribution is 2.44. The van der Waals surface area contributed by atoms with Crippen molar-refractivity contribution in [2.24, 2.45) is 5.84 Å². The number of rotatable bonds is 5. The van der Waals surface area contributed by atoms with Crippen LogP contribution in [0.15, 0.2) is 18.2 Å². The fraction of sp³-hybridized carbons (Fsp3) is 0.600. The van der Waals surface area contributed by atoms with Crippen molar-refractivity contribution in [3.63, 3.8) is 0 Å². The summed E-state index contributed by atoms with van der Waals surface area (Å²) < 4.78 is 19.6. The van der Waals surface area contributed by atoms with Crippen molar-refractivity contribution in [2.75, 3.05) is 21.2 Å². The molecule has 0 saturated heterocycles. The number of methoxy groups -OCH3 is 1. The fourth-order valence-corrected chi connectivity index (χ4v) is 3.42. The summed E-state index contributed by atoms with van der Waals surface area (Å²) >= 11 is 0. The smallest absolute Gasteiger partial charge is 0.169 e. The topological polar surface area (TPSA) is 50.5 Å². The summed E-state index contributed by atoms with van der Waals surface area (Å²) in [6.45, 7) is 0. The van der Waals surface area contributed by atoms with E-state index in [1.165, 1.54) is 7.11 Å². The molecule has 1 aromatic carbocycles. The van der Waals surface area contributed by atoms with Gasteiger partial charge in [-0.25, -0.2) is 4.39 Å². The lowest BCUT2D eigenvalue weighted by Gasteiger charge is -2.43. The van der Waals surface area contributed by atoms with E-state index in [9.17, 15) is 4.39 Å². The highest BCUT2D eigenvalue weighted by atomic mass is 19.1. The summed E-state index contributed by atoms with van der Waals surface area (Å²) in [7, 11) is 5.55. The van der Waals surface area contributed by atoms with Gasteiger partial charge in [0, 0.05) is 11.1 Å². The average molecular weight is 281 g/mol. The Kier molecular flexibility index (Phi) is 4.62. The van der Waals surface area contributed by atoms with Crippen molar-refractivity contribution in [2.45, 2.75) is 37.3 Å². The van der Waals surface area contributed by atoms with Gasteiger partial charge in [0.05, 0.1) is 13.2 Å². The van der Waals surface area contributed by atoms with Crippen LogP contribution in [0.25, 0.3) is 0 Å². The largest absolute Gasteiger partial charge is 0.494 e. The van der Waals surface area contributed by atoms with E-state index >= 15 is 0 Å². The molecule has 0 amide bonds. The Morgan fingerprint density at radius 3 is 2.50 bits per heavy atom. The summed E-state index contributed by atoms with van der Waals surface area (Å²) in [5, 5.41) is 0. The number of nitrogens with two attached hydrogens (primary N) is 1. The quantitative estimate of drug-likeness (QED) is 0.642. The second-order valence-electron chi connectivity index (χ2n) is 5.67. The van der Waals surface area contributed by atoms with Crippen molar-refractivity contribution in [3.05, 3.63) is 29.6 Å². The molecule has 1 unspecified atom stereocenters. The lowest BCUT2D eigenvalue weighted by molar-refractivity contribution is 0.102. The monoisotopic (exact) mass is 281 g/mol. The zero-order valence-electron chi connectivity index (χ0n) is 12.4. The first-order chi connectivity index (χ1) is 9.56. The zero-order valence-corrected chi connectivity index (χ0v) is 12.4. The van der Waals surface area contributed by atoms with Gasteiger partial charge in [0.2, 0.25) is 0 Å². The SMILES string of the molecule is COc1cccc(C(NN)C2(N(C)C)CCCC2)c1F. The van der Waals surface area contributed by atoms with Crippen LogP contribution in [0.5, 0.6) is 5.75 Å². The van der Waals surface area contributed by atoms with Crippen molar-refractivity contribution < 1.29 is 9.13 Å². The normalized spacial score (nSPS) is 19.3. The Hall–Kier alpha value is -1.17. The predicted octanol–water partition coefficient (Wildman–Crippen LogP) is 2.21. The van der Waals surface area contributed by atoms with Crippen LogP contribution in [0.1, 0.15) is 37.3 Å². The number of hydrogen-bond acceptors (Lipinski definition) is 4. The van der Waals surface area contributed by atoms with Gasteiger partial charge in [-0.2, -0.15) is 0 Å². The van der Waals surface area contributed by atoms with Crippen molar-refractivity contribution in [1.29, 1.82) is 0 Å². The highest BCUT2D eigenvalue weighted by Gasteiger charge is 2.44. The molecular formula is C15H24FN3O. The third-order valence-electron chi connectivity index (χ3n) is 4.59. The number of nitrogens with zero attached hydrogens (tertiary/aromatic N) is 1. The summed E-state index contributed by atoms with van der Waals surface area (Å²) in [5.74, 6) is 5.72. The molecule has 20 heavy (non-hydrogen) atoms. The minimum atomic E-state index is -0.328. The molecular weight excluding hydrogens is 257 g/mol. The lowest BCUT2D eigenvalue weighted by Crippen LogP contribution is -2.53. The number of hydrazine groups is 1. The van der Waals surface area contributed by atoms with E-state index < -0.39 is 0 Å². The highest BCUT2D eigenvalue weighted by molar-refractivity contribution is 5.35. The fourth-order valence-electron chi connectivity index (χ4n) is 3.42. The molecule has 3 N–H and O–H groups in total. The standard InChI is InChI=1S/C15H24FN3O/c1-19(2)15(9-4-5-10-15)14(18-17)11-7-6-8-12(20-3)13(11)16/h6-8,14,18H,4-5,9-10,17H2,1-3H3. The molecule has 1 aliphatic rings. The van der Waals surface area contributed by atoms with Crippen LogP contribution in [0.3, 0.4) is 0 Å². The first-order valence-electron chi connectivity index (χ1n) is 7.03. The van der Waals surface area contributed by atoms with Crippen molar-refractivity contribution in [3.8, 4) is 5.75 Å². The van der Waals surface area contributed by atoms with Gasteiger partial charge < -0.3 is 9.64 Å². The van der Waals surface area contributed by atoms with Crippen LogP contribution in [0.2, 0.25) is 0 Å². The van der Waals surface area contributed by atoms with Crippen LogP contribution in [-0.2, 0) is 0 Å². The molecule has 0 aliphatic heterocycles. The Balaban J connectivity index is 2.46. The molecule has 1 aliphatic carbocycles. The number of hydrogen-bond donors (Lipinski definition) is 2. The molecule has 1 fully saturated rings. The van der Waals surface area contributed by atoms with E-state index in [2.05, 4.69) is 10.3 Å². The van der Waals surface area contributed by atoms with Gasteiger partial charge in [-0.1, -0.05) is 25.0 Å². The molecule has 5 heteroatoms. The van der Waals surface area contributed by atoms with Crippen LogP contribution < -0.4 is 16.0 Å². The number of benzene rings is 1. The van der Waals surface area contributed by atoms with E-state index in [0.717, 1.165) is 25.7 Å². The second kappa shape index (κ2) is 6.08. The van der Waals surface area contributed by atoms with Crippen LogP contribution in [-0.4, -0.2) is 31.6 Å². The van der Waals surface area contributed by atoms with Gasteiger partial charge in [-0.3, -0.25) is 11.3 Å². The molecule has 0 aromatic heterocycles. The first-order valence-corrected chi connectivity index (χ1v) is 7.03. The molecule has 0 bridgehead atoms. The van der Waals surface area contributed by atoms with E-state index in [1.807, 2.05) is 14.1 Å². The molecule has 0 radical (unpaired) electrons. The maximum absolute atomic E-state index is 14.6. The maximum atomic E-state index is 14.6. The van der Waals surface area contributed by atoms with E-state index in [4.69, 9.17) is 10.6 Å². The lowest BCUT2D eigenvalue weighted by atomic mass is 9.82. The Labute approximate surface area is 120 Å². The molecule has 0 heterocycles. The molecule has 2 rings (SSSR count). The van der Waals surface area contributed by atoms with Crippen molar-refractivity contribution in [1.82, 2.24) is 10.3 Å². The van der Waals surface area contributed by atoms with E-state index in [1.54, 1.807) is 18.2 Å². The Morgan fingerprint density at radius 2 is 2.00 bits per heavy atom. The number of ether oxygens (including phenoxy) is 1. The molecule has 1 atom stereocenters. The Morgan fingerprint density at radius 1 is 1.35 bits per heavy atom. The minimum Gasteiger partial charge on any atom is -0.494 e. The summed E-state index contributed by atoms with van der Waals surface area (Å²) in [4.78, 5) is 2.17. The van der Waals surface area contributed by atoms with Gasteiger partial charge in [-0.05, 0) is 33.0 Å². The van der Waals surface area contributed by atoms with E-state index in [-0.39, 0.29) is 23.1 Å². The van der Waals surface area contributed by atoms with Crippen LogP contribution in [0, 0.1) is 5.82 Å². The van der Waals surface area contributed by atoms with E-state index in [0.29, 0.717) is 5.56 Å². The van der Waals surface area contributed by atoms with Gasteiger partial charge in [-0.15, -0.1) is 0 Å². The number of likely N-dealkylation sites (N-methyl/N-ethyl adjacent to an activating group) is 1. The summed E-state index contributed by atoms with van der Waals surface area (Å²) in [6, 6.07) is 4.96. The van der Waals surface area contributed by atoms with Gasteiger partial charge in [0.1, 0.15) is 0 Å². The molecule has 0 spiro atoms. The average Bonchev–Trinajstić information content (AvgIpc) is 2.92. The van der Waals surface area contributed by atoms with Gasteiger partial charge >= 0.3 is 0 Å². The third-order valence-corrected chi connectivity index (χ3v) is 4.59. The molecule has 1 saturated carbocycles. The molecule has 4 nitrogen and oxygen atoms in total. The molecule has 112 valence electrons. The second-order valence-corrected chi connectivity index (χ2v) is 5.67. The van der Waals surface area contributed by atoms with Crippen LogP contribution >= 0.6 is 0 Å². The summed E-state index contributed by atoms with van der Waals surface area (Å²) in [5.41, 5.74) is 3.26. The Bertz CT molecular complexity index is 458. The predicted molar refractivity (Wildman–Crippen MR) is 77.9 cm³/mol.